The third kappa shape index (κ3) is 2.39. The van der Waals surface area contributed by atoms with Crippen LogP contribution in [-0.2, 0) is 0 Å². The first-order valence-electron chi connectivity index (χ1n) is 5.09. The van der Waals surface area contributed by atoms with Gasteiger partial charge in [0.05, 0.1) is 11.9 Å². The summed E-state index contributed by atoms with van der Waals surface area (Å²) in [6, 6.07) is 8.54. The summed E-state index contributed by atoms with van der Waals surface area (Å²) >= 11 is 0. The second-order valence-electron chi connectivity index (χ2n) is 3.52. The minimum atomic E-state index is -0.217. The fourth-order valence-corrected chi connectivity index (χ4v) is 1.41. The number of anilines is 2. The molecule has 2 rings (SSSR count). The van der Waals surface area contributed by atoms with E-state index in [-0.39, 0.29) is 5.91 Å². The van der Waals surface area contributed by atoms with Gasteiger partial charge in [-0.1, -0.05) is 6.07 Å². The van der Waals surface area contributed by atoms with E-state index in [1.807, 2.05) is 0 Å². The molecule has 5 nitrogen and oxygen atoms in total. The lowest BCUT2D eigenvalue weighted by molar-refractivity contribution is 0.0988. The molecule has 17 heavy (non-hydrogen) atoms. The van der Waals surface area contributed by atoms with Crippen LogP contribution < -0.4 is 10.6 Å². The molecule has 2 heterocycles. The average molecular weight is 228 g/mol. The highest BCUT2D eigenvalue weighted by Crippen LogP contribution is 2.13. The molecular weight excluding hydrogens is 216 g/mol. The highest BCUT2D eigenvalue weighted by atomic mass is 16.2. The van der Waals surface area contributed by atoms with Gasteiger partial charge in [0.25, 0.3) is 5.91 Å². The van der Waals surface area contributed by atoms with E-state index >= 15 is 0 Å². The second-order valence-corrected chi connectivity index (χ2v) is 3.52. The van der Waals surface area contributed by atoms with Gasteiger partial charge in [-0.3, -0.25) is 9.78 Å². The number of carbonyl (C=O) groups is 1. The molecule has 2 aromatic rings. The molecule has 2 aromatic heterocycles. The summed E-state index contributed by atoms with van der Waals surface area (Å²) in [5.41, 5.74) is 6.57. The van der Waals surface area contributed by atoms with Crippen molar-refractivity contribution in [3.63, 3.8) is 0 Å². The van der Waals surface area contributed by atoms with Crippen LogP contribution >= 0.6 is 0 Å². The van der Waals surface area contributed by atoms with Crippen molar-refractivity contribution in [3.05, 3.63) is 48.4 Å². The summed E-state index contributed by atoms with van der Waals surface area (Å²) in [6.45, 7) is 0. The van der Waals surface area contributed by atoms with Gasteiger partial charge in [0, 0.05) is 13.2 Å². The summed E-state index contributed by atoms with van der Waals surface area (Å²) in [7, 11) is 1.67. The number of rotatable bonds is 2. The predicted octanol–water partition coefficient (Wildman–Crippen LogP) is 1.34. The van der Waals surface area contributed by atoms with Gasteiger partial charge in [-0.15, -0.1) is 0 Å². The summed E-state index contributed by atoms with van der Waals surface area (Å²) in [5.74, 6) is 0.112. The standard InChI is InChI=1S/C12H12N4O/c1-16(9-4-3-7-14-8-9)12(17)10-5-2-6-11(13)15-10/h2-8H,1H3,(H2,13,15). The van der Waals surface area contributed by atoms with Crippen LogP contribution in [0.2, 0.25) is 0 Å². The molecule has 0 bridgehead atoms. The van der Waals surface area contributed by atoms with Crippen LogP contribution in [-0.4, -0.2) is 22.9 Å². The van der Waals surface area contributed by atoms with Gasteiger partial charge in [-0.25, -0.2) is 4.98 Å². The Morgan fingerprint density at radius 3 is 2.76 bits per heavy atom. The molecule has 0 saturated heterocycles. The Bertz CT molecular complexity index is 527. The minimum absolute atomic E-state index is 0.217. The van der Waals surface area contributed by atoms with E-state index in [4.69, 9.17) is 5.73 Å². The molecule has 5 heteroatoms. The number of hydrogen-bond acceptors (Lipinski definition) is 4. The van der Waals surface area contributed by atoms with Crippen molar-refractivity contribution in [1.82, 2.24) is 9.97 Å². The summed E-state index contributed by atoms with van der Waals surface area (Å²) < 4.78 is 0. The summed E-state index contributed by atoms with van der Waals surface area (Å²) in [6.07, 6.45) is 3.27. The SMILES string of the molecule is CN(C(=O)c1cccc(N)n1)c1cccnc1. The fourth-order valence-electron chi connectivity index (χ4n) is 1.41. The predicted molar refractivity (Wildman–Crippen MR) is 65.6 cm³/mol. The van der Waals surface area contributed by atoms with E-state index in [0.29, 0.717) is 17.2 Å². The smallest absolute Gasteiger partial charge is 0.276 e. The second kappa shape index (κ2) is 4.61. The van der Waals surface area contributed by atoms with Crippen LogP contribution in [0.15, 0.2) is 42.7 Å². The molecule has 0 aliphatic rings. The number of aromatic nitrogens is 2. The largest absolute Gasteiger partial charge is 0.384 e. The molecular formula is C12H12N4O. The highest BCUT2D eigenvalue weighted by Gasteiger charge is 2.14. The topological polar surface area (TPSA) is 72.1 Å². The Balaban J connectivity index is 2.27. The number of amides is 1. The maximum Gasteiger partial charge on any atom is 0.276 e. The van der Waals surface area contributed by atoms with Crippen LogP contribution in [0.4, 0.5) is 11.5 Å². The first-order valence-corrected chi connectivity index (χ1v) is 5.09. The number of carbonyl (C=O) groups excluding carboxylic acids is 1. The zero-order valence-corrected chi connectivity index (χ0v) is 9.37. The molecule has 2 N–H and O–H groups in total. The Morgan fingerprint density at radius 2 is 2.12 bits per heavy atom. The van der Waals surface area contributed by atoms with Crippen molar-refractivity contribution in [2.45, 2.75) is 0 Å². The maximum absolute atomic E-state index is 12.1. The van der Waals surface area contributed by atoms with E-state index in [9.17, 15) is 4.79 Å². The monoisotopic (exact) mass is 228 g/mol. The lowest BCUT2D eigenvalue weighted by Gasteiger charge is -2.16. The molecule has 0 aliphatic heterocycles. The molecule has 0 unspecified atom stereocenters. The lowest BCUT2D eigenvalue weighted by Crippen LogP contribution is -2.27. The first kappa shape index (κ1) is 11.1. The number of pyridine rings is 2. The quantitative estimate of drug-likeness (QED) is 0.841. The van der Waals surface area contributed by atoms with Crippen LogP contribution in [0, 0.1) is 0 Å². The molecule has 0 aliphatic carbocycles. The number of nitrogens with zero attached hydrogens (tertiary/aromatic N) is 3. The van der Waals surface area contributed by atoms with E-state index < -0.39 is 0 Å². The maximum atomic E-state index is 12.1. The van der Waals surface area contributed by atoms with Crippen molar-refractivity contribution < 1.29 is 4.79 Å². The van der Waals surface area contributed by atoms with Gasteiger partial charge in [0.2, 0.25) is 0 Å². The third-order valence-electron chi connectivity index (χ3n) is 2.33. The van der Waals surface area contributed by atoms with Crippen LogP contribution in [0.25, 0.3) is 0 Å². The van der Waals surface area contributed by atoms with E-state index in [1.165, 1.54) is 4.90 Å². The van der Waals surface area contributed by atoms with Crippen molar-refractivity contribution in [1.29, 1.82) is 0 Å². The number of hydrogen-bond donors (Lipinski definition) is 1. The molecule has 1 amide bonds. The molecule has 86 valence electrons. The van der Waals surface area contributed by atoms with Gasteiger partial charge in [0.1, 0.15) is 11.5 Å². The third-order valence-corrected chi connectivity index (χ3v) is 2.33. The van der Waals surface area contributed by atoms with Crippen molar-refractivity contribution >= 4 is 17.4 Å². The Hall–Kier alpha value is -2.43. The van der Waals surface area contributed by atoms with Crippen molar-refractivity contribution in [2.24, 2.45) is 0 Å². The molecule has 0 fully saturated rings. The first-order chi connectivity index (χ1) is 8.18. The number of nitrogens with two attached hydrogens (primary N) is 1. The summed E-state index contributed by atoms with van der Waals surface area (Å²) in [5, 5.41) is 0. The van der Waals surface area contributed by atoms with Gasteiger partial charge < -0.3 is 10.6 Å². The Kier molecular flexibility index (Phi) is 3.00. The molecule has 0 spiro atoms. The molecule has 0 saturated carbocycles. The van der Waals surface area contributed by atoms with E-state index in [1.54, 1.807) is 49.8 Å². The van der Waals surface area contributed by atoms with Gasteiger partial charge in [-0.05, 0) is 24.3 Å². The zero-order valence-electron chi connectivity index (χ0n) is 9.37. The zero-order chi connectivity index (χ0) is 12.3. The highest BCUT2D eigenvalue weighted by molar-refractivity contribution is 6.04. The van der Waals surface area contributed by atoms with Gasteiger partial charge in [-0.2, -0.15) is 0 Å². The van der Waals surface area contributed by atoms with E-state index in [2.05, 4.69) is 9.97 Å². The molecule has 0 atom stereocenters. The Labute approximate surface area is 98.9 Å². The summed E-state index contributed by atoms with van der Waals surface area (Å²) in [4.78, 5) is 21.5. The minimum Gasteiger partial charge on any atom is -0.384 e. The molecule has 0 radical (unpaired) electrons. The normalized spacial score (nSPS) is 9.94. The van der Waals surface area contributed by atoms with Crippen LogP contribution in [0.1, 0.15) is 10.5 Å². The lowest BCUT2D eigenvalue weighted by atomic mass is 10.3. The van der Waals surface area contributed by atoms with Crippen molar-refractivity contribution in [2.75, 3.05) is 17.7 Å². The number of nitrogen functional groups attached to an aromatic ring is 1. The van der Waals surface area contributed by atoms with Gasteiger partial charge >= 0.3 is 0 Å². The Morgan fingerprint density at radius 1 is 1.29 bits per heavy atom. The van der Waals surface area contributed by atoms with Crippen LogP contribution in [0.3, 0.4) is 0 Å². The molecule has 0 aromatic carbocycles. The van der Waals surface area contributed by atoms with E-state index in [0.717, 1.165) is 0 Å². The van der Waals surface area contributed by atoms with Crippen molar-refractivity contribution in [3.8, 4) is 0 Å². The van der Waals surface area contributed by atoms with Gasteiger partial charge in [0.15, 0.2) is 0 Å². The average Bonchev–Trinajstić information content (AvgIpc) is 2.38. The van der Waals surface area contributed by atoms with Crippen LogP contribution in [0.5, 0.6) is 0 Å². The fraction of sp³-hybridized carbons (Fsp3) is 0.0833.